The molecule has 2 N–H and O–H groups in total. The second-order valence-electron chi connectivity index (χ2n) is 5.07. The summed E-state index contributed by atoms with van der Waals surface area (Å²) in [5.41, 5.74) is 0. The largest absolute Gasteiger partial charge is 0.493 e. The fraction of sp³-hybridized carbons (Fsp3) is 0.462. The Morgan fingerprint density at radius 2 is 1.95 bits per heavy atom. The number of ether oxygens (including phenoxy) is 1. The first kappa shape index (κ1) is 15.6. The summed E-state index contributed by atoms with van der Waals surface area (Å²) in [7, 11) is -3.24. The van der Waals surface area contributed by atoms with Crippen molar-refractivity contribution in [3.05, 3.63) is 24.3 Å². The fourth-order valence-corrected chi connectivity index (χ4v) is 2.79. The van der Waals surface area contributed by atoms with Crippen molar-refractivity contribution >= 4 is 15.9 Å². The molecule has 2 unspecified atom stereocenters. The smallest absolute Gasteiger partial charge is 0.407 e. The minimum atomic E-state index is -3.24. The van der Waals surface area contributed by atoms with Gasteiger partial charge in [0.2, 0.25) is 0 Å². The molecule has 1 aliphatic rings. The molecular formula is C13H17NO6S. The van der Waals surface area contributed by atoms with Gasteiger partial charge in [0.15, 0.2) is 9.84 Å². The average Bonchev–Trinajstić information content (AvgIpc) is 2.77. The zero-order chi connectivity index (χ0) is 15.6. The van der Waals surface area contributed by atoms with E-state index in [4.69, 9.17) is 9.84 Å². The third-order valence-corrected chi connectivity index (χ3v) is 4.52. The molecule has 0 aliphatic carbocycles. The molecule has 1 aromatic carbocycles. The number of rotatable bonds is 4. The predicted octanol–water partition coefficient (Wildman–Crippen LogP) is 0.440. The summed E-state index contributed by atoms with van der Waals surface area (Å²) >= 11 is 0. The Labute approximate surface area is 122 Å². The molecule has 1 saturated heterocycles. The molecule has 0 spiro atoms. The van der Waals surface area contributed by atoms with Gasteiger partial charge in [-0.15, -0.1) is 0 Å². The van der Waals surface area contributed by atoms with E-state index < -0.39 is 22.0 Å². The van der Waals surface area contributed by atoms with E-state index in [1.807, 2.05) is 0 Å². The van der Waals surface area contributed by atoms with Crippen LogP contribution < -0.4 is 4.74 Å². The van der Waals surface area contributed by atoms with E-state index in [9.17, 15) is 18.3 Å². The van der Waals surface area contributed by atoms with Gasteiger partial charge in [-0.3, -0.25) is 0 Å². The Morgan fingerprint density at radius 1 is 1.33 bits per heavy atom. The molecule has 0 bridgehead atoms. The van der Waals surface area contributed by atoms with E-state index in [0.717, 1.165) is 11.2 Å². The lowest BCUT2D eigenvalue weighted by atomic mass is 10.1. The van der Waals surface area contributed by atoms with Gasteiger partial charge in [-0.1, -0.05) is 0 Å². The van der Waals surface area contributed by atoms with Crippen LogP contribution in [-0.2, 0) is 9.84 Å². The van der Waals surface area contributed by atoms with E-state index in [2.05, 4.69) is 0 Å². The number of hydrogen-bond acceptors (Lipinski definition) is 5. The molecule has 1 amide bonds. The molecule has 7 nitrogen and oxygen atoms in total. The monoisotopic (exact) mass is 315 g/mol. The average molecular weight is 315 g/mol. The molecule has 116 valence electrons. The number of hydrogen-bond donors (Lipinski definition) is 2. The fourth-order valence-electron chi connectivity index (χ4n) is 2.16. The number of likely N-dealkylation sites (tertiary alicyclic amines) is 1. The third-order valence-electron chi connectivity index (χ3n) is 3.39. The summed E-state index contributed by atoms with van der Waals surface area (Å²) < 4.78 is 28.1. The van der Waals surface area contributed by atoms with Crippen LogP contribution >= 0.6 is 0 Å². The molecule has 1 heterocycles. The van der Waals surface area contributed by atoms with Gasteiger partial charge in [0.05, 0.1) is 24.2 Å². The number of aliphatic hydroxyl groups excluding tert-OH is 1. The van der Waals surface area contributed by atoms with Crippen molar-refractivity contribution < 1.29 is 28.2 Å². The Kier molecular flexibility index (Phi) is 4.38. The number of sulfone groups is 1. The maximum Gasteiger partial charge on any atom is 0.407 e. The molecule has 2 atom stereocenters. The van der Waals surface area contributed by atoms with Gasteiger partial charge < -0.3 is 19.8 Å². The Balaban J connectivity index is 1.93. The molecule has 0 saturated carbocycles. The van der Waals surface area contributed by atoms with E-state index in [0.29, 0.717) is 5.75 Å². The van der Waals surface area contributed by atoms with Crippen molar-refractivity contribution in [2.75, 3.05) is 26.0 Å². The number of aliphatic hydroxyl groups is 1. The SMILES string of the molecule is CS(=O)(=O)c1ccc(OCC2CN(C(=O)O)CC2O)cc1. The number of carboxylic acid groups (broad SMARTS) is 1. The van der Waals surface area contributed by atoms with Crippen molar-refractivity contribution in [1.82, 2.24) is 4.90 Å². The highest BCUT2D eigenvalue weighted by molar-refractivity contribution is 7.90. The summed E-state index contributed by atoms with van der Waals surface area (Å²) in [4.78, 5) is 12.2. The lowest BCUT2D eigenvalue weighted by Gasteiger charge is -2.14. The third kappa shape index (κ3) is 3.85. The normalized spacial score (nSPS) is 22.3. The van der Waals surface area contributed by atoms with Crippen LogP contribution in [0, 0.1) is 5.92 Å². The first-order valence-electron chi connectivity index (χ1n) is 6.36. The maximum atomic E-state index is 11.3. The van der Waals surface area contributed by atoms with Gasteiger partial charge in [-0.25, -0.2) is 13.2 Å². The summed E-state index contributed by atoms with van der Waals surface area (Å²) in [5.74, 6) is 0.180. The van der Waals surface area contributed by atoms with E-state index in [-0.39, 0.29) is 30.5 Å². The zero-order valence-electron chi connectivity index (χ0n) is 11.5. The minimum Gasteiger partial charge on any atom is -0.493 e. The van der Waals surface area contributed by atoms with Gasteiger partial charge in [0.25, 0.3) is 0 Å². The van der Waals surface area contributed by atoms with Crippen molar-refractivity contribution in [2.24, 2.45) is 5.92 Å². The molecular weight excluding hydrogens is 298 g/mol. The summed E-state index contributed by atoms with van der Waals surface area (Å²) in [6.45, 7) is 0.470. The number of benzene rings is 1. The maximum absolute atomic E-state index is 11.3. The van der Waals surface area contributed by atoms with Crippen LogP contribution in [0.25, 0.3) is 0 Å². The van der Waals surface area contributed by atoms with Gasteiger partial charge >= 0.3 is 6.09 Å². The Bertz CT molecular complexity index is 612. The van der Waals surface area contributed by atoms with Gasteiger partial charge in [-0.2, -0.15) is 0 Å². The van der Waals surface area contributed by atoms with Crippen molar-refractivity contribution in [3.63, 3.8) is 0 Å². The van der Waals surface area contributed by atoms with Crippen LogP contribution in [0.5, 0.6) is 5.75 Å². The first-order valence-corrected chi connectivity index (χ1v) is 8.25. The van der Waals surface area contributed by atoms with E-state index in [1.54, 1.807) is 0 Å². The van der Waals surface area contributed by atoms with Crippen molar-refractivity contribution in [1.29, 1.82) is 0 Å². The lowest BCUT2D eigenvalue weighted by Crippen LogP contribution is -2.27. The molecule has 1 fully saturated rings. The van der Waals surface area contributed by atoms with Crippen LogP contribution in [0.2, 0.25) is 0 Å². The highest BCUT2D eigenvalue weighted by Gasteiger charge is 2.34. The quantitative estimate of drug-likeness (QED) is 0.835. The van der Waals surface area contributed by atoms with Crippen molar-refractivity contribution in [3.8, 4) is 5.75 Å². The van der Waals surface area contributed by atoms with Crippen LogP contribution in [0.15, 0.2) is 29.2 Å². The molecule has 1 aliphatic heterocycles. The highest BCUT2D eigenvalue weighted by atomic mass is 32.2. The first-order chi connectivity index (χ1) is 9.77. The lowest BCUT2D eigenvalue weighted by molar-refractivity contribution is 0.109. The predicted molar refractivity (Wildman–Crippen MR) is 74.1 cm³/mol. The van der Waals surface area contributed by atoms with Crippen LogP contribution in [0.4, 0.5) is 4.79 Å². The van der Waals surface area contributed by atoms with Crippen LogP contribution in [0.3, 0.4) is 0 Å². The summed E-state index contributed by atoms with van der Waals surface area (Å²) in [6, 6.07) is 5.96. The van der Waals surface area contributed by atoms with Crippen LogP contribution in [0.1, 0.15) is 0 Å². The van der Waals surface area contributed by atoms with Crippen molar-refractivity contribution in [2.45, 2.75) is 11.0 Å². The number of nitrogens with zero attached hydrogens (tertiary/aromatic N) is 1. The number of amides is 1. The Hall–Kier alpha value is -1.80. The summed E-state index contributed by atoms with van der Waals surface area (Å²) in [6.07, 6.45) is -0.691. The van der Waals surface area contributed by atoms with E-state index >= 15 is 0 Å². The van der Waals surface area contributed by atoms with Gasteiger partial charge in [0.1, 0.15) is 5.75 Å². The summed E-state index contributed by atoms with van der Waals surface area (Å²) in [5, 5.41) is 18.6. The van der Waals surface area contributed by atoms with E-state index in [1.165, 1.54) is 24.3 Å². The topological polar surface area (TPSA) is 104 Å². The standard InChI is InChI=1S/C13H17NO6S/c1-21(18,19)11-4-2-10(3-5-11)20-8-9-6-14(13(16)17)7-12(9)15/h2-5,9,12,15H,6-8H2,1H3,(H,16,17). The zero-order valence-corrected chi connectivity index (χ0v) is 12.3. The number of carbonyl (C=O) groups is 1. The Morgan fingerprint density at radius 3 is 2.43 bits per heavy atom. The second kappa shape index (κ2) is 5.90. The number of β-amino-alcohol motifs (C(OH)–C–C–N with tert-alkyl or cyclic N) is 1. The van der Waals surface area contributed by atoms with Gasteiger partial charge in [-0.05, 0) is 24.3 Å². The highest BCUT2D eigenvalue weighted by Crippen LogP contribution is 2.20. The molecule has 8 heteroatoms. The molecule has 2 rings (SSSR count). The molecule has 0 radical (unpaired) electrons. The molecule has 0 aromatic heterocycles. The molecule has 21 heavy (non-hydrogen) atoms. The minimum absolute atomic E-state index is 0.0797. The van der Waals surface area contributed by atoms with Gasteiger partial charge in [0, 0.05) is 18.7 Å². The van der Waals surface area contributed by atoms with Crippen LogP contribution in [-0.4, -0.2) is 61.7 Å². The second-order valence-corrected chi connectivity index (χ2v) is 7.09. The molecule has 1 aromatic rings.